The van der Waals surface area contributed by atoms with Crippen molar-refractivity contribution in [2.45, 2.75) is 31.8 Å². The second kappa shape index (κ2) is 9.07. The third-order valence-corrected chi connectivity index (χ3v) is 5.24. The second-order valence-corrected chi connectivity index (χ2v) is 7.31. The molecule has 1 atom stereocenters. The highest BCUT2D eigenvalue weighted by Crippen LogP contribution is 2.38. The van der Waals surface area contributed by atoms with Crippen LogP contribution in [0.4, 0.5) is 13.6 Å². The van der Waals surface area contributed by atoms with Gasteiger partial charge in [0.25, 0.3) is 5.91 Å². The molecular formula is C23H21F2N3O3. The van der Waals surface area contributed by atoms with Crippen molar-refractivity contribution in [3.05, 3.63) is 82.7 Å². The fourth-order valence-corrected chi connectivity index (χ4v) is 3.77. The maximum atomic E-state index is 14.4. The van der Waals surface area contributed by atoms with E-state index in [1.165, 1.54) is 23.1 Å². The number of rotatable bonds is 6. The van der Waals surface area contributed by atoms with Gasteiger partial charge in [-0.2, -0.15) is 0 Å². The highest BCUT2D eigenvalue weighted by atomic mass is 19.1. The molecule has 8 heteroatoms. The number of allylic oxidation sites excluding steroid dienone is 1. The average molecular weight is 425 g/mol. The number of benzene rings is 2. The van der Waals surface area contributed by atoms with Crippen molar-refractivity contribution < 1.29 is 23.1 Å². The molecule has 1 N–H and O–H groups in total. The summed E-state index contributed by atoms with van der Waals surface area (Å²) >= 11 is 0. The summed E-state index contributed by atoms with van der Waals surface area (Å²) in [5.41, 5.74) is 1.30. The Morgan fingerprint density at radius 3 is 2.71 bits per heavy atom. The number of carbonyl (C=O) groups excluding carboxylic acids is 2. The first-order chi connectivity index (χ1) is 15.0. The van der Waals surface area contributed by atoms with Gasteiger partial charge < -0.3 is 9.64 Å². The van der Waals surface area contributed by atoms with Crippen molar-refractivity contribution in [2.24, 2.45) is 4.99 Å². The van der Waals surface area contributed by atoms with Gasteiger partial charge >= 0.3 is 6.09 Å². The first-order valence-corrected chi connectivity index (χ1v) is 10.0. The molecule has 160 valence electrons. The second-order valence-electron chi connectivity index (χ2n) is 7.31. The molecule has 6 nitrogen and oxygen atoms in total. The molecule has 0 saturated carbocycles. The summed E-state index contributed by atoms with van der Waals surface area (Å²) in [6.07, 6.45) is 4.80. The van der Waals surface area contributed by atoms with Crippen LogP contribution in [-0.2, 0) is 11.3 Å². The van der Waals surface area contributed by atoms with Gasteiger partial charge in [0.1, 0.15) is 17.5 Å². The van der Waals surface area contributed by atoms with Crippen LogP contribution in [0, 0.1) is 11.6 Å². The highest BCUT2D eigenvalue weighted by molar-refractivity contribution is 5.99. The monoisotopic (exact) mass is 425 g/mol. The predicted molar refractivity (Wildman–Crippen MR) is 110 cm³/mol. The van der Waals surface area contributed by atoms with E-state index in [2.05, 4.69) is 10.3 Å². The zero-order chi connectivity index (χ0) is 21.8. The minimum absolute atomic E-state index is 0.0244. The number of amides is 2. The number of hydrogen-bond acceptors (Lipinski definition) is 4. The fraction of sp³-hybridized carbons (Fsp3) is 0.261. The summed E-state index contributed by atoms with van der Waals surface area (Å²) in [5, 5.41) is 2.56. The van der Waals surface area contributed by atoms with Gasteiger partial charge in [0.2, 0.25) is 0 Å². The van der Waals surface area contributed by atoms with Gasteiger partial charge in [-0.1, -0.05) is 24.3 Å². The number of nitrogens with one attached hydrogen (secondary N) is 1. The Labute approximate surface area is 178 Å². The predicted octanol–water partition coefficient (Wildman–Crippen LogP) is 4.48. The van der Waals surface area contributed by atoms with Crippen LogP contribution in [0.1, 0.15) is 46.8 Å². The Bertz CT molecular complexity index is 1050. The molecule has 2 aromatic carbocycles. The van der Waals surface area contributed by atoms with Gasteiger partial charge in [0, 0.05) is 19.2 Å². The van der Waals surface area contributed by atoms with Crippen LogP contribution < -0.4 is 5.32 Å². The summed E-state index contributed by atoms with van der Waals surface area (Å²) in [7, 11) is 0. The Morgan fingerprint density at radius 2 is 1.97 bits per heavy atom. The zero-order valence-corrected chi connectivity index (χ0v) is 16.7. The summed E-state index contributed by atoms with van der Waals surface area (Å²) in [4.78, 5) is 30.6. The molecule has 0 fully saturated rings. The molecule has 31 heavy (non-hydrogen) atoms. The Kier molecular flexibility index (Phi) is 6.06. The van der Waals surface area contributed by atoms with Crippen LogP contribution in [0.15, 0.2) is 59.4 Å². The number of carbonyl (C=O) groups is 2. The van der Waals surface area contributed by atoms with Gasteiger partial charge in [-0.15, -0.1) is 0 Å². The Balaban J connectivity index is 1.46. The van der Waals surface area contributed by atoms with E-state index in [4.69, 9.17) is 4.74 Å². The third-order valence-electron chi connectivity index (χ3n) is 5.24. The van der Waals surface area contributed by atoms with Crippen LogP contribution >= 0.6 is 0 Å². The standard InChI is InChI=1S/C23H21F2N3O3/c24-16-9-7-15(8-10-16)14-28-19(17-4-3-5-18(25)21(17)22(28)29)11-13-31-23(30)27-20-6-1-2-12-26-20/h3-10,12,19H,1-2,11,13-14H2,(H,27,30). The smallest absolute Gasteiger partial charge is 0.412 e. The Hall–Kier alpha value is -3.55. The molecule has 0 bridgehead atoms. The maximum absolute atomic E-state index is 14.4. The lowest BCUT2D eigenvalue weighted by atomic mass is 10.0. The molecule has 0 aromatic heterocycles. The topological polar surface area (TPSA) is 71.0 Å². The number of ether oxygens (including phenoxy) is 1. The van der Waals surface area contributed by atoms with Gasteiger partial charge in [0.05, 0.1) is 18.2 Å². The lowest BCUT2D eigenvalue weighted by Crippen LogP contribution is -2.29. The largest absolute Gasteiger partial charge is 0.449 e. The first-order valence-electron chi connectivity index (χ1n) is 10.0. The first kappa shape index (κ1) is 20.7. The highest BCUT2D eigenvalue weighted by Gasteiger charge is 2.38. The summed E-state index contributed by atoms with van der Waals surface area (Å²) in [6, 6.07) is 9.83. The number of hydrogen-bond donors (Lipinski definition) is 1. The van der Waals surface area contributed by atoms with E-state index in [9.17, 15) is 18.4 Å². The van der Waals surface area contributed by atoms with Crippen molar-refractivity contribution in [3.63, 3.8) is 0 Å². The quantitative estimate of drug-likeness (QED) is 0.742. The summed E-state index contributed by atoms with van der Waals surface area (Å²) in [5.74, 6) is -0.958. The lowest BCUT2D eigenvalue weighted by Gasteiger charge is -2.25. The SMILES string of the molecule is O=C(NC1=CCCC=N1)OCCC1c2cccc(F)c2C(=O)N1Cc1ccc(F)cc1. The molecule has 2 aliphatic heterocycles. The maximum Gasteiger partial charge on any atom is 0.412 e. The van der Waals surface area contributed by atoms with Crippen LogP contribution in [0.25, 0.3) is 0 Å². The molecule has 0 saturated heterocycles. The average Bonchev–Trinajstić information content (AvgIpc) is 3.03. The van der Waals surface area contributed by atoms with E-state index in [1.54, 1.807) is 36.6 Å². The molecule has 0 radical (unpaired) electrons. The normalized spacial score (nSPS) is 17.4. The molecular weight excluding hydrogens is 404 g/mol. The van der Waals surface area contributed by atoms with Gasteiger partial charge in [-0.25, -0.2) is 18.6 Å². The number of aliphatic imine (C=N–C) groups is 1. The summed E-state index contributed by atoms with van der Waals surface area (Å²) in [6.45, 7) is 0.211. The third kappa shape index (κ3) is 4.63. The minimum Gasteiger partial charge on any atom is -0.449 e. The van der Waals surface area contributed by atoms with Crippen LogP contribution in [0.2, 0.25) is 0 Å². The van der Waals surface area contributed by atoms with E-state index < -0.39 is 23.9 Å². The van der Waals surface area contributed by atoms with Crippen molar-refractivity contribution in [1.29, 1.82) is 0 Å². The van der Waals surface area contributed by atoms with E-state index in [0.717, 1.165) is 12.8 Å². The lowest BCUT2D eigenvalue weighted by molar-refractivity contribution is 0.0671. The molecule has 2 aliphatic rings. The van der Waals surface area contributed by atoms with E-state index in [0.29, 0.717) is 23.4 Å². The van der Waals surface area contributed by atoms with Crippen LogP contribution in [-0.4, -0.2) is 29.7 Å². The van der Waals surface area contributed by atoms with Gasteiger partial charge in [0.15, 0.2) is 0 Å². The van der Waals surface area contributed by atoms with Crippen LogP contribution in [0.5, 0.6) is 0 Å². The van der Waals surface area contributed by atoms with E-state index in [1.807, 2.05) is 0 Å². The molecule has 0 spiro atoms. The number of fused-ring (bicyclic) bond motifs is 1. The van der Waals surface area contributed by atoms with E-state index >= 15 is 0 Å². The van der Waals surface area contributed by atoms with Crippen molar-refractivity contribution in [3.8, 4) is 0 Å². The summed E-state index contributed by atoms with van der Waals surface area (Å²) < 4.78 is 32.9. The molecule has 4 rings (SSSR count). The van der Waals surface area contributed by atoms with Crippen LogP contribution in [0.3, 0.4) is 0 Å². The number of nitrogens with zero attached hydrogens (tertiary/aromatic N) is 2. The molecule has 1 unspecified atom stereocenters. The fourth-order valence-electron chi connectivity index (χ4n) is 3.77. The molecule has 2 heterocycles. The minimum atomic E-state index is -0.640. The van der Waals surface area contributed by atoms with Crippen molar-refractivity contribution >= 4 is 18.2 Å². The van der Waals surface area contributed by atoms with Gasteiger partial charge in [-0.3, -0.25) is 10.1 Å². The van der Waals surface area contributed by atoms with Crippen molar-refractivity contribution in [1.82, 2.24) is 10.2 Å². The van der Waals surface area contributed by atoms with E-state index in [-0.39, 0.29) is 24.5 Å². The molecule has 2 amide bonds. The number of halogens is 2. The van der Waals surface area contributed by atoms with Crippen molar-refractivity contribution in [2.75, 3.05) is 6.61 Å². The number of alkyl carbamates (subject to hydrolysis) is 1. The molecule has 2 aromatic rings. The Morgan fingerprint density at radius 1 is 1.16 bits per heavy atom. The molecule has 0 aliphatic carbocycles. The zero-order valence-electron chi connectivity index (χ0n) is 16.7. The van der Waals surface area contributed by atoms with Gasteiger partial charge in [-0.05, 0) is 48.2 Å².